The first-order valence-corrected chi connectivity index (χ1v) is 11.1. The van der Waals surface area contributed by atoms with Crippen LogP contribution in [-0.4, -0.2) is 23.1 Å². The van der Waals surface area contributed by atoms with Gasteiger partial charge in [0.15, 0.2) is 0 Å². The van der Waals surface area contributed by atoms with Gasteiger partial charge in [0, 0.05) is 5.92 Å². The van der Waals surface area contributed by atoms with Crippen LogP contribution in [0.4, 0.5) is 0 Å². The van der Waals surface area contributed by atoms with Crippen LogP contribution in [0.1, 0.15) is 98.3 Å². The van der Waals surface area contributed by atoms with E-state index in [1.54, 1.807) is 0 Å². The number of carboxylic acid groups (broad SMARTS) is 1. The molecular weight excluding hydrogens is 340 g/mol. The monoisotopic (exact) mass is 380 g/mol. The lowest BCUT2D eigenvalue weighted by molar-refractivity contribution is -0.156. The van der Waals surface area contributed by atoms with Crippen LogP contribution >= 0.6 is 0 Å². The van der Waals surface area contributed by atoms with Crippen molar-refractivity contribution in [3.8, 4) is 0 Å². The lowest BCUT2D eigenvalue weighted by Gasteiger charge is -2.45. The van der Waals surface area contributed by atoms with Crippen LogP contribution in [0.2, 0.25) is 0 Å². The number of aliphatic carboxylic acids is 1. The zero-order chi connectivity index (χ0) is 20.0. The third-order valence-electron chi connectivity index (χ3n) is 6.65. The molecule has 0 aromatic heterocycles. The van der Waals surface area contributed by atoms with Crippen molar-refractivity contribution in [2.45, 2.75) is 104 Å². The van der Waals surface area contributed by atoms with Gasteiger partial charge in [-0.3, -0.25) is 9.59 Å². The minimum absolute atomic E-state index is 0.00934. The smallest absolute Gasteiger partial charge is 0.306 e. The SMILES string of the molecule is CC(C)CC1(CC(C)C)CCC(OC(=O)CCC(=O)O)C1C1CCCCC1. The van der Waals surface area contributed by atoms with Gasteiger partial charge in [-0.1, -0.05) is 59.8 Å². The summed E-state index contributed by atoms with van der Waals surface area (Å²) in [5.41, 5.74) is 0.266. The van der Waals surface area contributed by atoms with Crippen molar-refractivity contribution in [1.82, 2.24) is 0 Å². The highest BCUT2D eigenvalue weighted by molar-refractivity contribution is 5.76. The first kappa shape index (κ1) is 22.2. The van der Waals surface area contributed by atoms with Crippen LogP contribution in [-0.2, 0) is 14.3 Å². The second-order valence-corrected chi connectivity index (χ2v) is 9.94. The van der Waals surface area contributed by atoms with Gasteiger partial charge >= 0.3 is 11.9 Å². The maximum absolute atomic E-state index is 12.3. The summed E-state index contributed by atoms with van der Waals surface area (Å²) in [6.45, 7) is 9.25. The molecule has 2 rings (SSSR count). The second kappa shape index (κ2) is 9.93. The molecule has 2 unspecified atom stereocenters. The molecule has 2 fully saturated rings. The normalized spacial score (nSPS) is 25.9. The largest absolute Gasteiger partial charge is 0.481 e. The van der Waals surface area contributed by atoms with E-state index in [4.69, 9.17) is 9.84 Å². The average molecular weight is 381 g/mol. The fourth-order valence-corrected chi connectivity index (χ4v) is 6.22. The van der Waals surface area contributed by atoms with Crippen LogP contribution in [0.3, 0.4) is 0 Å². The number of esters is 1. The van der Waals surface area contributed by atoms with Gasteiger partial charge in [-0.2, -0.15) is 0 Å². The molecule has 2 atom stereocenters. The quantitative estimate of drug-likeness (QED) is 0.511. The number of carboxylic acids is 1. The Balaban J connectivity index is 2.21. The highest BCUT2D eigenvalue weighted by atomic mass is 16.5. The van der Waals surface area contributed by atoms with Gasteiger partial charge < -0.3 is 9.84 Å². The predicted molar refractivity (Wildman–Crippen MR) is 107 cm³/mol. The van der Waals surface area contributed by atoms with Crippen LogP contribution in [0.5, 0.6) is 0 Å². The van der Waals surface area contributed by atoms with Crippen LogP contribution in [0, 0.1) is 29.1 Å². The fourth-order valence-electron chi connectivity index (χ4n) is 6.22. The molecule has 0 saturated heterocycles. The molecule has 156 valence electrons. The molecule has 0 aromatic rings. The van der Waals surface area contributed by atoms with Crippen molar-refractivity contribution in [3.05, 3.63) is 0 Å². The summed E-state index contributed by atoms with van der Waals surface area (Å²) in [4.78, 5) is 23.1. The minimum Gasteiger partial charge on any atom is -0.481 e. The van der Waals surface area contributed by atoms with E-state index >= 15 is 0 Å². The Labute approximate surface area is 165 Å². The topological polar surface area (TPSA) is 63.6 Å². The highest BCUT2D eigenvalue weighted by Crippen LogP contribution is 2.57. The fraction of sp³-hybridized carbons (Fsp3) is 0.913. The molecule has 0 radical (unpaired) electrons. The molecule has 0 bridgehead atoms. The summed E-state index contributed by atoms with van der Waals surface area (Å²) in [5, 5.41) is 8.85. The molecule has 0 heterocycles. The highest BCUT2D eigenvalue weighted by Gasteiger charge is 2.52. The molecule has 0 aromatic carbocycles. The van der Waals surface area contributed by atoms with E-state index in [0.717, 1.165) is 12.8 Å². The van der Waals surface area contributed by atoms with E-state index in [-0.39, 0.29) is 30.3 Å². The maximum atomic E-state index is 12.3. The number of carbonyl (C=O) groups excluding carboxylic acids is 1. The lowest BCUT2D eigenvalue weighted by Crippen LogP contribution is -2.40. The van der Waals surface area contributed by atoms with E-state index in [1.807, 2.05) is 0 Å². The zero-order valence-electron chi connectivity index (χ0n) is 17.8. The third kappa shape index (κ3) is 6.22. The molecule has 27 heavy (non-hydrogen) atoms. The molecule has 4 nitrogen and oxygen atoms in total. The van der Waals surface area contributed by atoms with E-state index in [0.29, 0.717) is 23.7 Å². The minimum atomic E-state index is -0.934. The van der Waals surface area contributed by atoms with Gasteiger partial charge in [0.1, 0.15) is 6.10 Å². The Kier molecular flexibility index (Phi) is 8.18. The van der Waals surface area contributed by atoms with Gasteiger partial charge in [-0.05, 0) is 48.9 Å². The number of carbonyl (C=O) groups is 2. The van der Waals surface area contributed by atoms with E-state index in [1.165, 1.54) is 44.9 Å². The van der Waals surface area contributed by atoms with Gasteiger partial charge in [0.25, 0.3) is 0 Å². The van der Waals surface area contributed by atoms with Gasteiger partial charge in [0.05, 0.1) is 12.8 Å². The van der Waals surface area contributed by atoms with E-state index < -0.39 is 5.97 Å². The van der Waals surface area contributed by atoms with Crippen molar-refractivity contribution in [1.29, 1.82) is 0 Å². The number of hydrogen-bond acceptors (Lipinski definition) is 3. The number of ether oxygens (including phenoxy) is 1. The van der Waals surface area contributed by atoms with Crippen LogP contribution in [0.15, 0.2) is 0 Å². The molecule has 2 aliphatic carbocycles. The lowest BCUT2D eigenvalue weighted by atomic mass is 9.61. The first-order chi connectivity index (χ1) is 12.7. The predicted octanol–water partition coefficient (Wildman–Crippen LogP) is 5.83. The zero-order valence-corrected chi connectivity index (χ0v) is 17.8. The summed E-state index contributed by atoms with van der Waals surface area (Å²) in [6, 6.07) is 0. The summed E-state index contributed by atoms with van der Waals surface area (Å²) in [6.07, 6.45) is 10.7. The Hall–Kier alpha value is -1.06. The summed E-state index contributed by atoms with van der Waals surface area (Å²) in [5.74, 6) is 1.10. The molecule has 0 spiro atoms. The van der Waals surface area contributed by atoms with E-state index in [2.05, 4.69) is 27.7 Å². The molecule has 0 amide bonds. The van der Waals surface area contributed by atoms with Gasteiger partial charge in [0.2, 0.25) is 0 Å². The summed E-state index contributed by atoms with van der Waals surface area (Å²) >= 11 is 0. The number of hydrogen-bond donors (Lipinski definition) is 1. The standard InChI is InChI=1S/C23H40O4/c1-16(2)14-23(15-17(3)4)13-12-19(27-21(26)11-10-20(24)25)22(23)18-8-6-5-7-9-18/h16-19,22H,5-15H2,1-4H3,(H,24,25). The molecule has 0 aliphatic heterocycles. The van der Waals surface area contributed by atoms with E-state index in [9.17, 15) is 9.59 Å². The second-order valence-electron chi connectivity index (χ2n) is 9.94. The Morgan fingerprint density at radius 3 is 2.07 bits per heavy atom. The maximum Gasteiger partial charge on any atom is 0.306 e. The number of rotatable bonds is 9. The molecular formula is C23H40O4. The van der Waals surface area contributed by atoms with Crippen molar-refractivity contribution in [2.24, 2.45) is 29.1 Å². The Bertz CT molecular complexity index is 481. The first-order valence-electron chi connectivity index (χ1n) is 11.1. The van der Waals surface area contributed by atoms with Crippen molar-refractivity contribution >= 4 is 11.9 Å². The summed E-state index contributed by atoms with van der Waals surface area (Å²) < 4.78 is 5.94. The molecule has 1 N–H and O–H groups in total. The van der Waals surface area contributed by atoms with Gasteiger partial charge in [-0.25, -0.2) is 0 Å². The van der Waals surface area contributed by atoms with Crippen LogP contribution < -0.4 is 0 Å². The van der Waals surface area contributed by atoms with Crippen molar-refractivity contribution in [2.75, 3.05) is 0 Å². The van der Waals surface area contributed by atoms with Crippen molar-refractivity contribution in [3.63, 3.8) is 0 Å². The average Bonchev–Trinajstić information content (AvgIpc) is 2.89. The molecule has 4 heteroatoms. The molecule has 2 aliphatic rings. The van der Waals surface area contributed by atoms with Crippen molar-refractivity contribution < 1.29 is 19.4 Å². The van der Waals surface area contributed by atoms with Crippen LogP contribution in [0.25, 0.3) is 0 Å². The Morgan fingerprint density at radius 1 is 0.963 bits per heavy atom. The Morgan fingerprint density at radius 2 is 1.56 bits per heavy atom. The van der Waals surface area contributed by atoms with Gasteiger partial charge in [-0.15, -0.1) is 0 Å². The molecule has 2 saturated carbocycles. The third-order valence-corrected chi connectivity index (χ3v) is 6.65. The summed E-state index contributed by atoms with van der Waals surface area (Å²) in [7, 11) is 0.